The average molecular weight is 437 g/mol. The molecule has 2 aromatic carbocycles. The number of phenols is 1. The van der Waals surface area contributed by atoms with E-state index in [9.17, 15) is 14.7 Å². The van der Waals surface area contributed by atoms with Gasteiger partial charge in [0.1, 0.15) is 5.75 Å². The van der Waals surface area contributed by atoms with E-state index in [0.717, 1.165) is 16.9 Å². The summed E-state index contributed by atoms with van der Waals surface area (Å²) in [5.41, 5.74) is 3.60. The van der Waals surface area contributed by atoms with Gasteiger partial charge in [-0.15, -0.1) is 0 Å². The molecule has 0 aliphatic heterocycles. The third-order valence-electron chi connectivity index (χ3n) is 5.68. The largest absolute Gasteiger partial charge is 0.507 e. The Morgan fingerprint density at radius 1 is 0.839 bits per heavy atom. The maximum atomic E-state index is 13.7. The van der Waals surface area contributed by atoms with Crippen LogP contribution in [-0.4, -0.2) is 28.2 Å². The van der Waals surface area contributed by atoms with Gasteiger partial charge in [-0.25, -0.2) is 0 Å². The first-order chi connectivity index (χ1) is 14.4. The summed E-state index contributed by atoms with van der Waals surface area (Å²) in [6.07, 6.45) is 0. The zero-order chi connectivity index (χ0) is 23.1. The number of allylic oxidation sites excluding steroid dienone is 1. The maximum absolute atomic E-state index is 13.7. The molecule has 0 amide bonds. The highest BCUT2D eigenvalue weighted by Crippen LogP contribution is 2.43. The Hall–Kier alpha value is -2.33. The summed E-state index contributed by atoms with van der Waals surface area (Å²) in [5.74, 6) is 1.42. The Labute approximate surface area is 190 Å². The van der Waals surface area contributed by atoms with Crippen LogP contribution in [0.1, 0.15) is 85.9 Å². The third-order valence-corrected chi connectivity index (χ3v) is 6.59. The second-order valence-electron chi connectivity index (χ2n) is 10.1. The van der Waals surface area contributed by atoms with E-state index in [1.165, 1.54) is 0 Å². The van der Waals surface area contributed by atoms with E-state index in [2.05, 4.69) is 0 Å². The predicted octanol–water partition coefficient (Wildman–Crippen LogP) is 6.57. The number of ketones is 2. The van der Waals surface area contributed by atoms with Crippen LogP contribution in [0.5, 0.6) is 5.75 Å². The van der Waals surface area contributed by atoms with Crippen LogP contribution in [0.25, 0.3) is 5.57 Å². The fourth-order valence-electron chi connectivity index (χ4n) is 4.00. The molecule has 0 radical (unpaired) electrons. The van der Waals surface area contributed by atoms with Crippen molar-refractivity contribution in [1.29, 1.82) is 0 Å². The topological polar surface area (TPSA) is 54.4 Å². The molecule has 0 fully saturated rings. The second kappa shape index (κ2) is 8.31. The van der Waals surface area contributed by atoms with Gasteiger partial charge in [0, 0.05) is 39.2 Å². The Morgan fingerprint density at radius 3 is 1.77 bits per heavy atom. The van der Waals surface area contributed by atoms with Gasteiger partial charge in [-0.3, -0.25) is 9.59 Å². The number of rotatable bonds is 4. The lowest BCUT2D eigenvalue weighted by Gasteiger charge is -2.29. The van der Waals surface area contributed by atoms with Crippen molar-refractivity contribution in [3.8, 4) is 5.75 Å². The Morgan fingerprint density at radius 2 is 1.32 bits per heavy atom. The van der Waals surface area contributed by atoms with Crippen molar-refractivity contribution in [2.75, 3.05) is 11.5 Å². The Kier molecular flexibility index (Phi) is 6.25. The number of benzene rings is 2. The number of hydrogen-bond donors (Lipinski definition) is 1. The van der Waals surface area contributed by atoms with E-state index in [4.69, 9.17) is 0 Å². The molecule has 0 unspecified atom stereocenters. The number of aromatic hydroxyl groups is 1. The lowest BCUT2D eigenvalue weighted by molar-refractivity contribution is 0.0992. The lowest BCUT2D eigenvalue weighted by Crippen LogP contribution is -2.24. The number of Topliss-reactive ketones (excluding diaryl/α,β-unsaturated/α-hetero) is 2. The molecule has 3 rings (SSSR count). The van der Waals surface area contributed by atoms with Gasteiger partial charge in [-0.05, 0) is 34.3 Å². The average Bonchev–Trinajstić information content (AvgIpc) is 2.68. The van der Waals surface area contributed by atoms with Gasteiger partial charge >= 0.3 is 0 Å². The molecular weight excluding hydrogens is 404 g/mol. The van der Waals surface area contributed by atoms with Crippen LogP contribution in [0.15, 0.2) is 42.0 Å². The quantitative estimate of drug-likeness (QED) is 0.589. The Balaban J connectivity index is 2.37. The van der Waals surface area contributed by atoms with Gasteiger partial charge in [-0.1, -0.05) is 72.7 Å². The van der Waals surface area contributed by atoms with E-state index in [-0.39, 0.29) is 28.1 Å². The number of fused-ring (bicyclic) bond motifs is 1. The molecule has 1 N–H and O–H groups in total. The van der Waals surface area contributed by atoms with Crippen molar-refractivity contribution in [3.63, 3.8) is 0 Å². The summed E-state index contributed by atoms with van der Waals surface area (Å²) in [5, 5.41) is 11.1. The minimum Gasteiger partial charge on any atom is -0.507 e. The van der Waals surface area contributed by atoms with Crippen LogP contribution in [0.2, 0.25) is 0 Å². The van der Waals surface area contributed by atoms with E-state index in [1.54, 1.807) is 36.0 Å². The monoisotopic (exact) mass is 436 g/mol. The van der Waals surface area contributed by atoms with Gasteiger partial charge < -0.3 is 5.11 Å². The molecule has 0 heterocycles. The molecule has 1 aliphatic carbocycles. The molecule has 0 atom stereocenters. The molecule has 0 bridgehead atoms. The molecular formula is C27H32O3S. The van der Waals surface area contributed by atoms with Crippen molar-refractivity contribution in [2.45, 2.75) is 59.3 Å². The smallest absolute Gasteiger partial charge is 0.194 e. The minimum absolute atomic E-state index is 0.0751. The van der Waals surface area contributed by atoms with Gasteiger partial charge in [0.15, 0.2) is 11.6 Å². The molecule has 3 nitrogen and oxygen atoms in total. The predicted molar refractivity (Wildman–Crippen MR) is 131 cm³/mol. The molecule has 0 saturated heterocycles. The summed E-state index contributed by atoms with van der Waals surface area (Å²) >= 11 is 1.64. The third kappa shape index (κ3) is 4.36. The zero-order valence-corrected chi connectivity index (χ0v) is 20.4. The second-order valence-corrected chi connectivity index (χ2v) is 11.4. The summed E-state index contributed by atoms with van der Waals surface area (Å²) in [4.78, 5) is 27.1. The summed E-state index contributed by atoms with van der Waals surface area (Å²) in [6, 6.07) is 10.9. The SMILES string of the molecule is CCSCC1=C(c2cc(C(C)(C)C)c(O)c(C(C)(C)C)c2)C(=O)c2ccccc2C1=O. The molecule has 1 aliphatic rings. The van der Waals surface area contributed by atoms with Gasteiger partial charge in [0.05, 0.1) is 0 Å². The van der Waals surface area contributed by atoms with Gasteiger partial charge in [0.25, 0.3) is 0 Å². The highest BCUT2D eigenvalue weighted by Gasteiger charge is 2.35. The fourth-order valence-corrected chi connectivity index (χ4v) is 4.68. The maximum Gasteiger partial charge on any atom is 0.194 e. The van der Waals surface area contributed by atoms with Crippen LogP contribution in [0.3, 0.4) is 0 Å². The van der Waals surface area contributed by atoms with E-state index in [0.29, 0.717) is 33.6 Å². The highest BCUT2D eigenvalue weighted by molar-refractivity contribution is 7.99. The van der Waals surface area contributed by atoms with Crippen LogP contribution in [0.4, 0.5) is 0 Å². The molecule has 2 aromatic rings. The first-order valence-electron chi connectivity index (χ1n) is 10.8. The molecule has 0 spiro atoms. The minimum atomic E-state index is -0.321. The van der Waals surface area contributed by atoms with Crippen LogP contribution in [-0.2, 0) is 10.8 Å². The first kappa shape index (κ1) is 23.3. The van der Waals surface area contributed by atoms with Gasteiger partial charge in [0.2, 0.25) is 0 Å². The summed E-state index contributed by atoms with van der Waals surface area (Å²) in [7, 11) is 0. The van der Waals surface area contributed by atoms with Crippen molar-refractivity contribution >= 4 is 28.9 Å². The summed E-state index contributed by atoms with van der Waals surface area (Å²) in [6.45, 7) is 14.3. The van der Waals surface area contributed by atoms with E-state index in [1.807, 2.05) is 60.6 Å². The van der Waals surface area contributed by atoms with E-state index < -0.39 is 0 Å². The molecule has 0 saturated carbocycles. The van der Waals surface area contributed by atoms with Crippen LogP contribution in [0, 0.1) is 0 Å². The Bertz CT molecular complexity index is 1040. The highest BCUT2D eigenvalue weighted by atomic mass is 32.2. The normalized spacial score (nSPS) is 14.8. The molecule has 164 valence electrons. The molecule has 0 aromatic heterocycles. The molecule has 31 heavy (non-hydrogen) atoms. The van der Waals surface area contributed by atoms with Crippen LogP contribution < -0.4 is 0 Å². The van der Waals surface area contributed by atoms with Crippen molar-refractivity contribution in [2.24, 2.45) is 0 Å². The zero-order valence-electron chi connectivity index (χ0n) is 19.6. The van der Waals surface area contributed by atoms with Crippen molar-refractivity contribution in [3.05, 3.63) is 69.8 Å². The molecule has 4 heteroatoms. The number of carbonyl (C=O) groups excluding carboxylic acids is 2. The van der Waals surface area contributed by atoms with Crippen molar-refractivity contribution in [1.82, 2.24) is 0 Å². The fraction of sp³-hybridized carbons (Fsp3) is 0.407. The van der Waals surface area contributed by atoms with Gasteiger partial charge in [-0.2, -0.15) is 11.8 Å². The number of carbonyl (C=O) groups is 2. The standard InChI is InChI=1S/C27H32O3S/c1-8-31-15-19-22(24(29)18-12-10-9-11-17(18)23(19)28)16-13-20(26(2,3)4)25(30)21(14-16)27(5,6)7/h9-14,30H,8,15H2,1-7H3. The number of phenolic OH excluding ortho intramolecular Hbond substituents is 1. The first-order valence-corrected chi connectivity index (χ1v) is 11.9. The van der Waals surface area contributed by atoms with Crippen molar-refractivity contribution < 1.29 is 14.7 Å². The number of hydrogen-bond acceptors (Lipinski definition) is 4. The number of thioether (sulfide) groups is 1. The summed E-state index contributed by atoms with van der Waals surface area (Å²) < 4.78 is 0. The van der Waals surface area contributed by atoms with E-state index >= 15 is 0 Å². The lowest BCUT2D eigenvalue weighted by atomic mass is 9.75. The van der Waals surface area contributed by atoms with Crippen LogP contribution >= 0.6 is 11.8 Å².